The second-order valence-corrected chi connectivity index (χ2v) is 7.34. The molecule has 138 valence electrons. The summed E-state index contributed by atoms with van der Waals surface area (Å²) >= 11 is 0. The Morgan fingerprint density at radius 1 is 1.07 bits per heavy atom. The molecule has 0 bridgehead atoms. The molecule has 0 radical (unpaired) electrons. The van der Waals surface area contributed by atoms with Crippen LogP contribution in [0.5, 0.6) is 0 Å². The van der Waals surface area contributed by atoms with Gasteiger partial charge in [0.2, 0.25) is 0 Å². The number of aromatic nitrogens is 3. The number of hydrogen-bond donors (Lipinski definition) is 1. The van der Waals surface area contributed by atoms with Crippen LogP contribution in [-0.4, -0.2) is 26.7 Å². The van der Waals surface area contributed by atoms with Gasteiger partial charge in [0.05, 0.1) is 11.3 Å². The quantitative estimate of drug-likeness (QED) is 0.757. The Labute approximate surface area is 159 Å². The molecule has 1 saturated carbocycles. The number of rotatable bonds is 4. The maximum atomic E-state index is 13.0. The van der Waals surface area contributed by atoms with Crippen molar-refractivity contribution < 1.29 is 4.79 Å². The Kier molecular flexibility index (Phi) is 5.01. The van der Waals surface area contributed by atoms with Crippen LogP contribution in [0.2, 0.25) is 0 Å². The fourth-order valence-corrected chi connectivity index (χ4v) is 3.64. The highest BCUT2D eigenvalue weighted by Crippen LogP contribution is 2.26. The fraction of sp³-hybridized carbons (Fsp3) is 0.318. The molecule has 5 nitrogen and oxygen atoms in total. The van der Waals surface area contributed by atoms with Crippen LogP contribution in [0.4, 0.5) is 0 Å². The van der Waals surface area contributed by atoms with E-state index in [9.17, 15) is 4.79 Å². The Hall–Kier alpha value is -2.95. The smallest absolute Gasteiger partial charge is 0.255 e. The van der Waals surface area contributed by atoms with Crippen molar-refractivity contribution in [1.29, 1.82) is 0 Å². The van der Waals surface area contributed by atoms with Crippen molar-refractivity contribution in [1.82, 2.24) is 20.1 Å². The van der Waals surface area contributed by atoms with Gasteiger partial charge in [0.1, 0.15) is 5.69 Å². The van der Waals surface area contributed by atoms with Crippen molar-refractivity contribution in [3.63, 3.8) is 0 Å². The van der Waals surface area contributed by atoms with E-state index in [0.29, 0.717) is 11.3 Å². The third-order valence-corrected chi connectivity index (χ3v) is 5.27. The van der Waals surface area contributed by atoms with E-state index < -0.39 is 0 Å². The Morgan fingerprint density at radius 2 is 1.85 bits per heavy atom. The van der Waals surface area contributed by atoms with Crippen molar-refractivity contribution in [3.05, 3.63) is 66.6 Å². The van der Waals surface area contributed by atoms with Crippen LogP contribution in [0, 0.1) is 5.92 Å². The minimum atomic E-state index is -0.0596. The highest BCUT2D eigenvalue weighted by molar-refractivity contribution is 6.00. The van der Waals surface area contributed by atoms with Crippen LogP contribution >= 0.6 is 0 Å². The molecule has 1 fully saturated rings. The minimum Gasteiger partial charge on any atom is -0.349 e. The molecule has 2 aromatic heterocycles. The molecule has 27 heavy (non-hydrogen) atoms. The van der Waals surface area contributed by atoms with E-state index in [2.05, 4.69) is 17.2 Å². The van der Waals surface area contributed by atoms with Crippen LogP contribution in [0.3, 0.4) is 0 Å². The van der Waals surface area contributed by atoms with Gasteiger partial charge in [0.25, 0.3) is 5.91 Å². The van der Waals surface area contributed by atoms with Gasteiger partial charge in [-0.2, -0.15) is 5.10 Å². The fourth-order valence-electron chi connectivity index (χ4n) is 3.64. The molecule has 0 aliphatic heterocycles. The van der Waals surface area contributed by atoms with Crippen LogP contribution in [0.25, 0.3) is 16.9 Å². The van der Waals surface area contributed by atoms with E-state index in [4.69, 9.17) is 5.10 Å². The first kappa shape index (κ1) is 17.5. The third kappa shape index (κ3) is 3.92. The molecule has 0 atom stereocenters. The van der Waals surface area contributed by atoms with Crippen molar-refractivity contribution in [2.45, 2.75) is 38.6 Å². The number of nitrogens with one attached hydrogen (secondary N) is 1. The number of amides is 1. The second kappa shape index (κ2) is 7.74. The van der Waals surface area contributed by atoms with E-state index >= 15 is 0 Å². The number of pyridine rings is 1. The summed E-state index contributed by atoms with van der Waals surface area (Å²) in [7, 11) is 0. The molecular formula is C22H24N4O. The molecule has 1 aliphatic rings. The lowest BCUT2D eigenvalue weighted by Crippen LogP contribution is -2.37. The zero-order chi connectivity index (χ0) is 18.6. The number of nitrogens with zero attached hydrogens (tertiary/aromatic N) is 3. The third-order valence-electron chi connectivity index (χ3n) is 5.27. The average Bonchev–Trinajstić information content (AvgIpc) is 3.17. The maximum Gasteiger partial charge on any atom is 0.255 e. The summed E-state index contributed by atoms with van der Waals surface area (Å²) in [5.74, 6) is 0.695. The molecule has 0 spiro atoms. The van der Waals surface area contributed by atoms with Gasteiger partial charge in [-0.05, 0) is 55.9 Å². The van der Waals surface area contributed by atoms with E-state index in [0.717, 1.165) is 30.0 Å². The highest BCUT2D eigenvalue weighted by atomic mass is 16.1. The van der Waals surface area contributed by atoms with Crippen LogP contribution < -0.4 is 5.32 Å². The van der Waals surface area contributed by atoms with Gasteiger partial charge < -0.3 is 5.32 Å². The molecule has 0 saturated heterocycles. The molecule has 4 rings (SSSR count). The molecule has 5 heteroatoms. The lowest BCUT2D eigenvalue weighted by Gasteiger charge is -2.26. The van der Waals surface area contributed by atoms with Crippen molar-refractivity contribution >= 4 is 5.91 Å². The SMILES string of the molecule is CC1CCC(NC(=O)c2cn(-c3ccccc3)nc2-c2cccnc2)CC1. The lowest BCUT2D eigenvalue weighted by molar-refractivity contribution is 0.0923. The predicted octanol–water partition coefficient (Wildman–Crippen LogP) is 4.24. The van der Waals surface area contributed by atoms with Crippen molar-refractivity contribution in [3.8, 4) is 16.9 Å². The molecule has 0 unspecified atom stereocenters. The molecule has 1 amide bonds. The van der Waals surface area contributed by atoms with E-state index in [1.54, 1.807) is 17.1 Å². The summed E-state index contributed by atoms with van der Waals surface area (Å²) < 4.78 is 1.76. The summed E-state index contributed by atoms with van der Waals surface area (Å²) in [6.07, 6.45) is 9.72. The van der Waals surface area contributed by atoms with Gasteiger partial charge in [0.15, 0.2) is 0 Å². The summed E-state index contributed by atoms with van der Waals surface area (Å²) in [4.78, 5) is 17.2. The first-order chi connectivity index (χ1) is 13.2. The zero-order valence-electron chi connectivity index (χ0n) is 15.5. The summed E-state index contributed by atoms with van der Waals surface area (Å²) in [6.45, 7) is 2.28. The first-order valence-corrected chi connectivity index (χ1v) is 9.57. The number of carbonyl (C=O) groups excluding carboxylic acids is 1. The summed E-state index contributed by atoms with van der Waals surface area (Å²) in [5, 5.41) is 7.91. The van der Waals surface area contributed by atoms with E-state index in [1.807, 2.05) is 48.7 Å². The molecule has 1 aliphatic carbocycles. The normalized spacial score (nSPS) is 19.6. The van der Waals surface area contributed by atoms with Crippen molar-refractivity contribution in [2.24, 2.45) is 5.92 Å². The van der Waals surface area contributed by atoms with Crippen LogP contribution in [0.15, 0.2) is 61.1 Å². The van der Waals surface area contributed by atoms with Crippen LogP contribution in [-0.2, 0) is 0 Å². The van der Waals surface area contributed by atoms with Gasteiger partial charge in [-0.3, -0.25) is 9.78 Å². The number of hydrogen-bond acceptors (Lipinski definition) is 3. The second-order valence-electron chi connectivity index (χ2n) is 7.34. The van der Waals surface area contributed by atoms with E-state index in [-0.39, 0.29) is 11.9 Å². The maximum absolute atomic E-state index is 13.0. The van der Waals surface area contributed by atoms with E-state index in [1.165, 1.54) is 12.8 Å². The van der Waals surface area contributed by atoms with Gasteiger partial charge in [-0.15, -0.1) is 0 Å². The lowest BCUT2D eigenvalue weighted by atomic mass is 9.87. The molecule has 2 heterocycles. The number of para-hydroxylation sites is 1. The molecular weight excluding hydrogens is 336 g/mol. The number of carbonyl (C=O) groups is 1. The highest BCUT2D eigenvalue weighted by Gasteiger charge is 2.24. The first-order valence-electron chi connectivity index (χ1n) is 9.57. The molecule has 3 aromatic rings. The molecule has 1 N–H and O–H groups in total. The standard InChI is InChI=1S/C22H24N4O/c1-16-9-11-18(12-10-16)24-22(27)20-15-26(19-7-3-2-4-8-19)25-21(20)17-6-5-13-23-14-17/h2-8,13-16,18H,9-12H2,1H3,(H,24,27). The Morgan fingerprint density at radius 3 is 2.56 bits per heavy atom. The van der Waals surface area contributed by atoms with Crippen molar-refractivity contribution in [2.75, 3.05) is 0 Å². The Bertz CT molecular complexity index is 897. The minimum absolute atomic E-state index is 0.0596. The van der Waals surface area contributed by atoms with Gasteiger partial charge >= 0.3 is 0 Å². The van der Waals surface area contributed by atoms with Gasteiger partial charge in [-0.25, -0.2) is 4.68 Å². The van der Waals surface area contributed by atoms with Crippen LogP contribution in [0.1, 0.15) is 43.0 Å². The Balaban J connectivity index is 1.65. The van der Waals surface area contributed by atoms with Gasteiger partial charge in [0, 0.05) is 30.2 Å². The molecule has 1 aromatic carbocycles. The summed E-state index contributed by atoms with van der Waals surface area (Å²) in [5.41, 5.74) is 3.02. The largest absolute Gasteiger partial charge is 0.349 e. The van der Waals surface area contributed by atoms with Gasteiger partial charge in [-0.1, -0.05) is 25.1 Å². The monoisotopic (exact) mass is 360 g/mol. The number of benzene rings is 1. The topological polar surface area (TPSA) is 59.8 Å². The average molecular weight is 360 g/mol. The predicted molar refractivity (Wildman–Crippen MR) is 106 cm³/mol. The summed E-state index contributed by atoms with van der Waals surface area (Å²) in [6, 6.07) is 13.9. The zero-order valence-corrected chi connectivity index (χ0v) is 15.5.